The molecule has 7 heteroatoms. The fraction of sp³-hybridized carbons (Fsp3) is 0.176. The van der Waals surface area contributed by atoms with E-state index in [-0.39, 0.29) is 4.90 Å². The third kappa shape index (κ3) is 2.62. The van der Waals surface area contributed by atoms with Crippen LogP contribution in [-0.2, 0) is 23.0 Å². The van der Waals surface area contributed by atoms with Gasteiger partial charge in [-0.25, -0.2) is 8.42 Å². The number of sulfonamides is 1. The molecular weight excluding hydrogens is 367 g/mol. The van der Waals surface area contributed by atoms with Gasteiger partial charge in [0.05, 0.1) is 11.4 Å². The fourth-order valence-electron chi connectivity index (χ4n) is 3.20. The average molecular weight is 381 g/mol. The van der Waals surface area contributed by atoms with Crippen molar-refractivity contribution in [3.8, 4) is 0 Å². The summed E-state index contributed by atoms with van der Waals surface area (Å²) in [4.78, 5) is 3.46. The lowest BCUT2D eigenvalue weighted by atomic mass is 10.1. The Morgan fingerprint density at radius 1 is 1.04 bits per heavy atom. The Morgan fingerprint density at radius 2 is 1.75 bits per heavy atom. The first kappa shape index (κ1) is 16.0. The van der Waals surface area contributed by atoms with E-state index in [0.717, 1.165) is 16.6 Å². The summed E-state index contributed by atoms with van der Waals surface area (Å²) >= 11 is 11.9. The van der Waals surface area contributed by atoms with Gasteiger partial charge in [-0.15, -0.1) is 0 Å². The topological polar surface area (TPSA) is 53.2 Å². The Hall–Kier alpha value is -1.53. The fourth-order valence-corrected chi connectivity index (χ4v) is 5.34. The minimum Gasteiger partial charge on any atom is -0.357 e. The Labute approximate surface area is 150 Å². The third-order valence-corrected chi connectivity index (χ3v) is 6.58. The van der Waals surface area contributed by atoms with Crippen LogP contribution in [0.4, 0.5) is 0 Å². The van der Waals surface area contributed by atoms with Gasteiger partial charge in [0.25, 0.3) is 0 Å². The van der Waals surface area contributed by atoms with Crippen LogP contribution in [0.3, 0.4) is 0 Å². The predicted molar refractivity (Wildman–Crippen MR) is 96.1 cm³/mol. The highest BCUT2D eigenvalue weighted by Crippen LogP contribution is 2.31. The molecule has 0 fully saturated rings. The van der Waals surface area contributed by atoms with Gasteiger partial charge in [0.15, 0.2) is 0 Å². The summed E-state index contributed by atoms with van der Waals surface area (Å²) in [7, 11) is -3.64. The van der Waals surface area contributed by atoms with E-state index in [2.05, 4.69) is 11.1 Å². The molecule has 0 saturated carbocycles. The van der Waals surface area contributed by atoms with E-state index >= 15 is 0 Å². The summed E-state index contributed by atoms with van der Waals surface area (Å²) in [6.45, 7) is 0.748. The van der Waals surface area contributed by atoms with Crippen LogP contribution in [0, 0.1) is 0 Å². The number of nitrogens with one attached hydrogen (secondary N) is 1. The van der Waals surface area contributed by atoms with Gasteiger partial charge in [-0.2, -0.15) is 4.31 Å². The van der Waals surface area contributed by atoms with E-state index in [1.165, 1.54) is 28.1 Å². The number of rotatable bonds is 2. The van der Waals surface area contributed by atoms with E-state index < -0.39 is 10.0 Å². The Kier molecular flexibility index (Phi) is 3.84. The van der Waals surface area contributed by atoms with Crippen molar-refractivity contribution in [2.45, 2.75) is 17.9 Å². The number of fused-ring (bicyclic) bond motifs is 3. The van der Waals surface area contributed by atoms with Crippen molar-refractivity contribution in [1.29, 1.82) is 0 Å². The van der Waals surface area contributed by atoms with Crippen molar-refractivity contribution in [1.82, 2.24) is 9.29 Å². The maximum Gasteiger partial charge on any atom is 0.243 e. The van der Waals surface area contributed by atoms with Gasteiger partial charge >= 0.3 is 0 Å². The van der Waals surface area contributed by atoms with Crippen LogP contribution in [0.15, 0.2) is 47.4 Å². The first-order valence-corrected chi connectivity index (χ1v) is 9.69. The SMILES string of the molecule is O=S(=O)(c1cc(Cl)cc(Cl)c1)N1CCc2c([nH]c3ccccc23)C1. The molecule has 0 bridgehead atoms. The number of H-pyrrole nitrogens is 1. The number of hydrogen-bond acceptors (Lipinski definition) is 2. The number of halogens is 2. The second kappa shape index (κ2) is 5.77. The van der Waals surface area contributed by atoms with Gasteiger partial charge in [-0.05, 0) is 36.2 Å². The smallest absolute Gasteiger partial charge is 0.243 e. The molecule has 0 saturated heterocycles. The van der Waals surface area contributed by atoms with Crippen LogP contribution in [-0.4, -0.2) is 24.3 Å². The molecule has 0 amide bonds. The number of aromatic amines is 1. The highest BCUT2D eigenvalue weighted by Gasteiger charge is 2.30. The van der Waals surface area contributed by atoms with Gasteiger partial charge in [0.2, 0.25) is 10.0 Å². The van der Waals surface area contributed by atoms with E-state index in [4.69, 9.17) is 23.2 Å². The number of hydrogen-bond donors (Lipinski definition) is 1. The van der Waals surface area contributed by atoms with Gasteiger partial charge < -0.3 is 4.98 Å². The Morgan fingerprint density at radius 3 is 2.50 bits per heavy atom. The van der Waals surface area contributed by atoms with Crippen LogP contribution in [0.2, 0.25) is 10.0 Å². The monoisotopic (exact) mass is 380 g/mol. The van der Waals surface area contributed by atoms with Crippen LogP contribution >= 0.6 is 23.2 Å². The lowest BCUT2D eigenvalue weighted by Gasteiger charge is -2.26. The molecule has 0 spiro atoms. The molecule has 0 radical (unpaired) electrons. The molecule has 1 N–H and O–H groups in total. The quantitative estimate of drug-likeness (QED) is 0.723. The molecule has 0 unspecified atom stereocenters. The average Bonchev–Trinajstić information content (AvgIpc) is 2.91. The molecule has 3 aromatic rings. The normalized spacial score (nSPS) is 15.6. The molecular formula is C17H14Cl2N2O2S. The molecule has 1 aliphatic heterocycles. The van der Waals surface area contributed by atoms with E-state index in [1.54, 1.807) is 0 Å². The molecule has 124 valence electrons. The summed E-state index contributed by atoms with van der Waals surface area (Å²) < 4.78 is 27.3. The van der Waals surface area contributed by atoms with Crippen molar-refractivity contribution < 1.29 is 8.42 Å². The van der Waals surface area contributed by atoms with Gasteiger partial charge in [-0.1, -0.05) is 41.4 Å². The lowest BCUT2D eigenvalue weighted by Crippen LogP contribution is -2.35. The van der Waals surface area contributed by atoms with Crippen LogP contribution in [0.5, 0.6) is 0 Å². The van der Waals surface area contributed by atoms with Crippen LogP contribution in [0.1, 0.15) is 11.3 Å². The number of nitrogens with zero attached hydrogens (tertiary/aromatic N) is 1. The summed E-state index contributed by atoms with van der Waals surface area (Å²) in [5.74, 6) is 0. The van der Waals surface area contributed by atoms with Crippen molar-refractivity contribution in [3.05, 3.63) is 63.8 Å². The third-order valence-electron chi connectivity index (χ3n) is 4.32. The Bertz CT molecular complexity index is 1020. The van der Waals surface area contributed by atoms with Crippen LogP contribution in [0.25, 0.3) is 10.9 Å². The minimum atomic E-state index is -3.64. The Balaban J connectivity index is 1.73. The molecule has 2 aromatic carbocycles. The maximum atomic E-state index is 12.9. The van der Waals surface area contributed by atoms with Gasteiger partial charge in [0, 0.05) is 33.2 Å². The number of para-hydroxylation sites is 1. The molecule has 1 aliphatic rings. The van der Waals surface area contributed by atoms with Crippen LogP contribution < -0.4 is 0 Å². The summed E-state index contributed by atoms with van der Waals surface area (Å²) in [6, 6.07) is 12.4. The van der Waals surface area contributed by atoms with E-state index in [9.17, 15) is 8.42 Å². The number of aromatic nitrogens is 1. The largest absolute Gasteiger partial charge is 0.357 e. The molecule has 4 nitrogen and oxygen atoms in total. The van der Waals surface area contributed by atoms with Crippen molar-refractivity contribution >= 4 is 44.1 Å². The zero-order chi connectivity index (χ0) is 16.9. The van der Waals surface area contributed by atoms with Gasteiger partial charge in [0.1, 0.15) is 0 Å². The van der Waals surface area contributed by atoms with Crippen molar-refractivity contribution in [2.24, 2.45) is 0 Å². The second-order valence-corrected chi connectivity index (χ2v) is 8.63. The first-order chi connectivity index (χ1) is 11.4. The molecule has 0 aliphatic carbocycles. The summed E-state index contributed by atoms with van der Waals surface area (Å²) in [5, 5.41) is 1.78. The highest BCUT2D eigenvalue weighted by atomic mass is 35.5. The van der Waals surface area contributed by atoms with E-state index in [1.807, 2.05) is 18.2 Å². The zero-order valence-corrected chi connectivity index (χ0v) is 14.9. The summed E-state index contributed by atoms with van der Waals surface area (Å²) in [6.07, 6.45) is 0.673. The van der Waals surface area contributed by atoms with Crippen molar-refractivity contribution in [3.63, 3.8) is 0 Å². The zero-order valence-electron chi connectivity index (χ0n) is 12.6. The number of benzene rings is 2. The standard InChI is InChI=1S/C17H14Cl2N2O2S/c18-11-7-12(19)9-13(8-11)24(22,23)21-6-5-15-14-3-1-2-4-16(14)20-17(15)10-21/h1-4,7-9,20H,5-6,10H2. The molecule has 1 aromatic heterocycles. The minimum absolute atomic E-state index is 0.125. The van der Waals surface area contributed by atoms with Crippen molar-refractivity contribution in [2.75, 3.05) is 6.54 Å². The predicted octanol–water partition coefficient (Wildman–Crippen LogP) is 4.22. The second-order valence-electron chi connectivity index (χ2n) is 5.82. The first-order valence-electron chi connectivity index (χ1n) is 7.50. The molecule has 4 rings (SSSR count). The summed E-state index contributed by atoms with van der Waals surface area (Å²) in [5.41, 5.74) is 3.17. The van der Waals surface area contributed by atoms with Gasteiger partial charge in [-0.3, -0.25) is 0 Å². The molecule has 0 atom stereocenters. The molecule has 24 heavy (non-hydrogen) atoms. The maximum absolute atomic E-state index is 12.9. The lowest BCUT2D eigenvalue weighted by molar-refractivity contribution is 0.388. The molecule has 2 heterocycles. The highest BCUT2D eigenvalue weighted by molar-refractivity contribution is 7.89. The van der Waals surface area contributed by atoms with E-state index in [0.29, 0.717) is 29.6 Å².